The minimum Gasteiger partial charge on any atom is -0.515 e. The van der Waals surface area contributed by atoms with Gasteiger partial charge in [0, 0.05) is 5.84 Å². The van der Waals surface area contributed by atoms with E-state index >= 15 is 0 Å². The maximum absolute atomic E-state index is 3.98. The summed E-state index contributed by atoms with van der Waals surface area (Å²) >= 11 is 1.24. The highest BCUT2D eigenvalue weighted by atomic mass is 32.1. The lowest BCUT2D eigenvalue weighted by Gasteiger charge is -2.18. The van der Waals surface area contributed by atoms with Crippen molar-refractivity contribution in [1.29, 1.82) is 0 Å². The average molecular weight is 169 g/mol. The lowest BCUT2D eigenvalue weighted by Crippen LogP contribution is -2.20. The molecule has 0 fully saturated rings. The molecule has 0 saturated carbocycles. The standard InChI is InChI=1S/C4H5N6S/c1-3-6-9-10(7-3)4-2-5-11-8-4/h2,8H,1H3/q-1. The molecule has 6 nitrogen and oxygen atoms in total. The molecule has 1 aromatic rings. The monoisotopic (exact) mass is 169 g/mol. The normalized spacial score (nSPS) is 20.6. The van der Waals surface area contributed by atoms with E-state index < -0.39 is 0 Å². The molecule has 0 unspecified atom stereocenters. The lowest BCUT2D eigenvalue weighted by molar-refractivity contribution is 0.849. The molecule has 0 radical (unpaired) electrons. The number of aromatic amines is 1. The number of rotatable bonds is 0. The number of nitrogens with zero attached hydrogens (tertiary/aromatic N) is 5. The number of nitrogens with one attached hydrogen (secondary N) is 1. The first-order valence-corrected chi connectivity index (χ1v) is 3.73. The van der Waals surface area contributed by atoms with Crippen LogP contribution in [0.15, 0.2) is 11.3 Å². The van der Waals surface area contributed by atoms with E-state index in [1.54, 1.807) is 13.1 Å². The molecule has 0 aromatic carbocycles. The lowest BCUT2D eigenvalue weighted by atomic mass is 10.7. The van der Waals surface area contributed by atoms with Crippen LogP contribution >= 0.6 is 11.7 Å². The quantitative estimate of drug-likeness (QED) is 0.552. The predicted molar refractivity (Wildman–Crippen MR) is 41.6 cm³/mol. The molecule has 0 aliphatic carbocycles. The van der Waals surface area contributed by atoms with Gasteiger partial charge in [-0.25, -0.2) is 9.47 Å². The van der Waals surface area contributed by atoms with Gasteiger partial charge in [-0.15, -0.1) is 0 Å². The summed E-state index contributed by atoms with van der Waals surface area (Å²) in [5.41, 5.74) is 8.46. The molecule has 2 rings (SSSR count). The Morgan fingerprint density at radius 3 is 3.18 bits per heavy atom. The zero-order valence-corrected chi connectivity index (χ0v) is 6.54. The first kappa shape index (κ1) is 6.35. The summed E-state index contributed by atoms with van der Waals surface area (Å²) < 4.78 is 6.76. The van der Waals surface area contributed by atoms with E-state index in [4.69, 9.17) is 0 Å². The second-order valence-corrected chi connectivity index (χ2v) is 2.54. The van der Waals surface area contributed by atoms with Gasteiger partial charge in [0.05, 0.1) is 0 Å². The first-order valence-electron chi connectivity index (χ1n) is 2.95. The van der Waals surface area contributed by atoms with E-state index in [9.17, 15) is 0 Å². The Bertz CT molecular complexity index is 329. The molecular weight excluding hydrogens is 164 g/mol. The maximum atomic E-state index is 3.98. The predicted octanol–water partition coefficient (Wildman–Crippen LogP) is 0.168. The van der Waals surface area contributed by atoms with Gasteiger partial charge in [-0.05, 0) is 6.92 Å². The third-order valence-corrected chi connectivity index (χ3v) is 1.62. The van der Waals surface area contributed by atoms with Crippen LogP contribution in [0.25, 0.3) is 11.0 Å². The van der Waals surface area contributed by atoms with Gasteiger partial charge in [-0.2, -0.15) is 4.37 Å². The topological polar surface area (TPSA) is 72.2 Å². The second-order valence-electron chi connectivity index (χ2n) is 1.94. The van der Waals surface area contributed by atoms with Gasteiger partial charge in [0.15, 0.2) is 0 Å². The molecule has 1 aliphatic heterocycles. The van der Waals surface area contributed by atoms with Gasteiger partial charge in [0.1, 0.15) is 17.9 Å². The Morgan fingerprint density at radius 2 is 2.64 bits per heavy atom. The third kappa shape index (κ3) is 1.09. The van der Waals surface area contributed by atoms with Crippen LogP contribution in [0.2, 0.25) is 0 Å². The maximum Gasteiger partial charge on any atom is 0.231 e. The smallest absolute Gasteiger partial charge is 0.231 e. The highest BCUT2D eigenvalue weighted by Crippen LogP contribution is 2.06. The molecule has 2 heterocycles. The summed E-state index contributed by atoms with van der Waals surface area (Å²) in [5, 5.41) is 3.73. The highest BCUT2D eigenvalue weighted by Gasteiger charge is 1.90. The van der Waals surface area contributed by atoms with Gasteiger partial charge in [0.25, 0.3) is 0 Å². The fraction of sp³-hybridized carbons (Fsp3) is 0.250. The highest BCUT2D eigenvalue weighted by molar-refractivity contribution is 6.98. The van der Waals surface area contributed by atoms with Crippen LogP contribution < -0.4 is 10.3 Å². The molecule has 1 N–H and O–H groups in total. The first-order chi connectivity index (χ1) is 5.36. The zero-order chi connectivity index (χ0) is 7.68. The summed E-state index contributed by atoms with van der Waals surface area (Å²) in [7, 11) is 0. The minimum absolute atomic E-state index is 0.643. The number of hydrogen-bond donors (Lipinski definition) is 1. The molecule has 11 heavy (non-hydrogen) atoms. The van der Waals surface area contributed by atoms with Gasteiger partial charge < -0.3 is 15.8 Å². The van der Waals surface area contributed by atoms with Crippen LogP contribution in [0.3, 0.4) is 0 Å². The molecular formula is C4H5N6S-. The molecule has 0 saturated heterocycles. The molecule has 0 spiro atoms. The van der Waals surface area contributed by atoms with Crippen molar-refractivity contribution < 1.29 is 0 Å². The van der Waals surface area contributed by atoms with Crippen molar-refractivity contribution in [2.45, 2.75) is 6.92 Å². The molecule has 7 heteroatoms. The van der Waals surface area contributed by atoms with Crippen molar-refractivity contribution in [3.05, 3.63) is 22.6 Å². The van der Waals surface area contributed by atoms with E-state index in [0.29, 0.717) is 5.84 Å². The third-order valence-electron chi connectivity index (χ3n) is 1.11. The SMILES string of the molecule is CC1=N[N-][N+](=c2cns[nH]2)[N-]1. The van der Waals surface area contributed by atoms with Crippen LogP contribution in [0.5, 0.6) is 0 Å². The Morgan fingerprint density at radius 1 is 1.73 bits per heavy atom. The van der Waals surface area contributed by atoms with Crippen LogP contribution in [0.4, 0.5) is 0 Å². The van der Waals surface area contributed by atoms with Gasteiger partial charge in [-0.1, -0.05) is 0 Å². The molecule has 0 amide bonds. The molecule has 1 aliphatic rings. The van der Waals surface area contributed by atoms with Crippen molar-refractivity contribution in [2.24, 2.45) is 5.10 Å². The minimum atomic E-state index is 0.643. The fourth-order valence-corrected chi connectivity index (χ4v) is 1.09. The Labute approximate surface area is 66.5 Å². The van der Waals surface area contributed by atoms with Crippen LogP contribution in [0.1, 0.15) is 6.92 Å². The van der Waals surface area contributed by atoms with Crippen molar-refractivity contribution in [3.63, 3.8) is 0 Å². The average Bonchev–Trinajstić information content (AvgIpc) is 2.55. The van der Waals surface area contributed by atoms with Crippen LogP contribution in [-0.2, 0) is 0 Å². The Hall–Kier alpha value is -1.37. The number of hydrogen-bond acceptors (Lipinski definition) is 3. The van der Waals surface area contributed by atoms with Crippen molar-refractivity contribution in [1.82, 2.24) is 13.5 Å². The number of H-pyrrole nitrogens is 1. The van der Waals surface area contributed by atoms with Gasteiger partial charge in [0.2, 0.25) is 5.49 Å². The van der Waals surface area contributed by atoms with Crippen LogP contribution in [-0.4, -0.2) is 14.6 Å². The molecule has 58 valence electrons. The zero-order valence-electron chi connectivity index (χ0n) is 5.72. The Kier molecular flexibility index (Phi) is 1.35. The summed E-state index contributed by atoms with van der Waals surface area (Å²) in [4.78, 5) is 1.40. The molecule has 1 aromatic heterocycles. The van der Waals surface area contributed by atoms with Crippen LogP contribution in [0, 0.1) is 0 Å². The van der Waals surface area contributed by atoms with E-state index in [1.807, 2.05) is 0 Å². The van der Waals surface area contributed by atoms with E-state index in [0.717, 1.165) is 5.49 Å². The van der Waals surface area contributed by atoms with E-state index in [2.05, 4.69) is 24.8 Å². The van der Waals surface area contributed by atoms with E-state index in [1.165, 1.54) is 16.5 Å². The van der Waals surface area contributed by atoms with Crippen molar-refractivity contribution >= 4 is 17.6 Å². The van der Waals surface area contributed by atoms with Gasteiger partial charge >= 0.3 is 0 Å². The largest absolute Gasteiger partial charge is 0.515 e. The summed E-state index contributed by atoms with van der Waals surface area (Å²) in [6, 6.07) is 0. The summed E-state index contributed by atoms with van der Waals surface area (Å²) in [5.74, 6) is 0.643. The summed E-state index contributed by atoms with van der Waals surface area (Å²) in [6.07, 6.45) is 1.64. The Balaban J connectivity index is 2.40. The van der Waals surface area contributed by atoms with E-state index in [-0.39, 0.29) is 0 Å². The van der Waals surface area contributed by atoms with Crippen molar-refractivity contribution in [2.75, 3.05) is 0 Å². The molecule has 0 atom stereocenters. The second kappa shape index (κ2) is 2.35. The fourth-order valence-electron chi connectivity index (χ4n) is 0.654. The molecule has 0 bridgehead atoms. The van der Waals surface area contributed by atoms with Crippen molar-refractivity contribution in [3.8, 4) is 0 Å². The summed E-state index contributed by atoms with van der Waals surface area (Å²) in [6.45, 7) is 1.78. The number of aromatic nitrogens is 2. The van der Waals surface area contributed by atoms with Gasteiger partial charge in [-0.3, -0.25) is 0 Å². The number of amidine groups is 1.